The number of nitro groups is 1. The molecule has 1 aromatic rings. The molecule has 0 aliphatic carbocycles. The number of rotatable bonds is 6. The van der Waals surface area contributed by atoms with Crippen molar-refractivity contribution in [3.8, 4) is 0 Å². The number of likely N-dealkylation sites (N-methyl/N-ethyl adjacent to an activating group) is 1. The fourth-order valence-corrected chi connectivity index (χ4v) is 2.48. The maximum Gasteiger partial charge on any atom is 0.276 e. The van der Waals surface area contributed by atoms with Crippen molar-refractivity contribution in [2.75, 3.05) is 43.9 Å². The van der Waals surface area contributed by atoms with Crippen LogP contribution in [0.4, 0.5) is 17.3 Å². The lowest BCUT2D eigenvalue weighted by molar-refractivity contribution is -0.384. The van der Waals surface area contributed by atoms with Gasteiger partial charge < -0.3 is 15.1 Å². The maximum absolute atomic E-state index is 11.1. The third-order valence-corrected chi connectivity index (χ3v) is 3.78. The van der Waals surface area contributed by atoms with Crippen LogP contribution in [-0.2, 0) is 0 Å². The number of hydrogen-bond donors (Lipinski definition) is 1. The Labute approximate surface area is 125 Å². The van der Waals surface area contributed by atoms with Crippen LogP contribution in [0.3, 0.4) is 0 Å². The standard InChI is InChI=1S/C14H23N5O2/c1-4-6-15-13-8-12(19(20)21)9-14(16-13)18-7-5-11(10-18)17(2)3/h8-9,11H,4-7,10H2,1-3H3,(H,15,16). The zero-order valence-electron chi connectivity index (χ0n) is 12.9. The summed E-state index contributed by atoms with van der Waals surface area (Å²) in [7, 11) is 4.12. The number of pyridine rings is 1. The number of nitrogens with one attached hydrogen (secondary N) is 1. The van der Waals surface area contributed by atoms with E-state index >= 15 is 0 Å². The minimum Gasteiger partial charge on any atom is -0.370 e. The number of nitrogens with zero attached hydrogens (tertiary/aromatic N) is 4. The first kappa shape index (κ1) is 15.5. The monoisotopic (exact) mass is 293 g/mol. The maximum atomic E-state index is 11.1. The highest BCUT2D eigenvalue weighted by Crippen LogP contribution is 2.26. The van der Waals surface area contributed by atoms with Crippen LogP contribution in [-0.4, -0.2) is 54.6 Å². The van der Waals surface area contributed by atoms with Gasteiger partial charge in [-0.2, -0.15) is 0 Å². The molecule has 1 N–H and O–H groups in total. The van der Waals surface area contributed by atoms with Crippen LogP contribution in [0.5, 0.6) is 0 Å². The molecule has 0 saturated carbocycles. The van der Waals surface area contributed by atoms with Gasteiger partial charge in [-0.05, 0) is 26.9 Å². The van der Waals surface area contributed by atoms with Crippen LogP contribution in [0, 0.1) is 10.1 Å². The Morgan fingerprint density at radius 3 is 2.86 bits per heavy atom. The van der Waals surface area contributed by atoms with Crippen LogP contribution >= 0.6 is 0 Å². The highest BCUT2D eigenvalue weighted by molar-refractivity contribution is 5.56. The Balaban J connectivity index is 2.22. The average molecular weight is 293 g/mol. The smallest absolute Gasteiger partial charge is 0.276 e. The molecule has 116 valence electrons. The van der Waals surface area contributed by atoms with Gasteiger partial charge in [-0.1, -0.05) is 6.92 Å². The van der Waals surface area contributed by atoms with Crippen LogP contribution in [0.25, 0.3) is 0 Å². The van der Waals surface area contributed by atoms with Crippen molar-refractivity contribution in [3.63, 3.8) is 0 Å². The summed E-state index contributed by atoms with van der Waals surface area (Å²) < 4.78 is 0. The first-order valence-corrected chi connectivity index (χ1v) is 7.33. The summed E-state index contributed by atoms with van der Waals surface area (Å²) in [4.78, 5) is 19.6. The van der Waals surface area contributed by atoms with Crippen molar-refractivity contribution in [3.05, 3.63) is 22.2 Å². The molecule has 21 heavy (non-hydrogen) atoms. The second kappa shape index (κ2) is 6.71. The third kappa shape index (κ3) is 3.81. The van der Waals surface area contributed by atoms with Crippen molar-refractivity contribution in [2.24, 2.45) is 0 Å². The average Bonchev–Trinajstić information content (AvgIpc) is 2.94. The Morgan fingerprint density at radius 1 is 1.52 bits per heavy atom. The van der Waals surface area contributed by atoms with E-state index in [0.29, 0.717) is 17.7 Å². The van der Waals surface area contributed by atoms with E-state index in [1.807, 2.05) is 6.92 Å². The number of aromatic nitrogens is 1. The molecule has 1 saturated heterocycles. The van der Waals surface area contributed by atoms with Crippen molar-refractivity contribution in [1.29, 1.82) is 0 Å². The van der Waals surface area contributed by atoms with Gasteiger partial charge in [-0.25, -0.2) is 4.98 Å². The normalized spacial score (nSPS) is 18.3. The molecule has 1 aromatic heterocycles. The molecule has 0 amide bonds. The number of anilines is 2. The van der Waals surface area contributed by atoms with E-state index in [-0.39, 0.29) is 10.6 Å². The topological polar surface area (TPSA) is 74.5 Å². The fourth-order valence-electron chi connectivity index (χ4n) is 2.48. The van der Waals surface area contributed by atoms with Gasteiger partial charge in [-0.3, -0.25) is 10.1 Å². The lowest BCUT2D eigenvalue weighted by Gasteiger charge is -2.21. The molecular formula is C14H23N5O2. The van der Waals surface area contributed by atoms with Crippen molar-refractivity contribution < 1.29 is 4.92 Å². The summed E-state index contributed by atoms with van der Waals surface area (Å²) in [6.07, 6.45) is 2.00. The molecule has 1 fully saturated rings. The molecule has 1 aliphatic rings. The second-order valence-electron chi connectivity index (χ2n) is 5.60. The molecule has 1 aliphatic heterocycles. The highest BCUT2D eigenvalue weighted by Gasteiger charge is 2.26. The van der Waals surface area contributed by atoms with Gasteiger partial charge in [0.25, 0.3) is 5.69 Å². The lowest BCUT2D eigenvalue weighted by Crippen LogP contribution is -2.31. The van der Waals surface area contributed by atoms with Crippen molar-refractivity contribution in [2.45, 2.75) is 25.8 Å². The molecule has 2 heterocycles. The van der Waals surface area contributed by atoms with E-state index in [2.05, 4.69) is 34.2 Å². The molecule has 0 spiro atoms. The number of hydrogen-bond acceptors (Lipinski definition) is 6. The molecule has 7 nitrogen and oxygen atoms in total. The first-order chi connectivity index (χ1) is 10.0. The molecule has 1 atom stereocenters. The summed E-state index contributed by atoms with van der Waals surface area (Å²) in [6.45, 7) is 4.54. The Bertz CT molecular complexity index is 506. The third-order valence-electron chi connectivity index (χ3n) is 3.78. The predicted molar refractivity (Wildman–Crippen MR) is 84.0 cm³/mol. The minimum atomic E-state index is -0.359. The molecule has 0 aromatic carbocycles. The van der Waals surface area contributed by atoms with Crippen LogP contribution in [0.1, 0.15) is 19.8 Å². The van der Waals surface area contributed by atoms with Crippen molar-refractivity contribution in [1.82, 2.24) is 9.88 Å². The molecular weight excluding hydrogens is 270 g/mol. The van der Waals surface area contributed by atoms with Gasteiger partial charge in [0.1, 0.15) is 11.6 Å². The van der Waals surface area contributed by atoms with Gasteiger partial charge >= 0.3 is 0 Å². The van der Waals surface area contributed by atoms with Crippen molar-refractivity contribution >= 4 is 17.3 Å². The predicted octanol–water partition coefficient (Wildman–Crippen LogP) is 1.95. The largest absolute Gasteiger partial charge is 0.370 e. The van der Waals surface area contributed by atoms with Crippen LogP contribution < -0.4 is 10.2 Å². The summed E-state index contributed by atoms with van der Waals surface area (Å²) in [5.74, 6) is 1.27. The SMILES string of the molecule is CCCNc1cc([N+](=O)[O-])cc(N2CCC(N(C)C)C2)n1. The van der Waals surface area contributed by atoms with Crippen LogP contribution in [0.2, 0.25) is 0 Å². The zero-order valence-corrected chi connectivity index (χ0v) is 12.9. The van der Waals surface area contributed by atoms with Gasteiger partial charge in [0.15, 0.2) is 0 Å². The fraction of sp³-hybridized carbons (Fsp3) is 0.643. The molecule has 0 radical (unpaired) electrons. The van der Waals surface area contributed by atoms with E-state index in [4.69, 9.17) is 0 Å². The second-order valence-corrected chi connectivity index (χ2v) is 5.60. The van der Waals surface area contributed by atoms with E-state index in [0.717, 1.165) is 32.5 Å². The quantitative estimate of drug-likeness (QED) is 0.638. The van der Waals surface area contributed by atoms with E-state index < -0.39 is 0 Å². The van der Waals surface area contributed by atoms with Gasteiger partial charge in [0.2, 0.25) is 0 Å². The molecule has 2 rings (SSSR count). The van der Waals surface area contributed by atoms with E-state index in [1.165, 1.54) is 6.07 Å². The zero-order chi connectivity index (χ0) is 15.4. The van der Waals surface area contributed by atoms with Gasteiger partial charge in [0.05, 0.1) is 17.1 Å². The Morgan fingerprint density at radius 2 is 2.29 bits per heavy atom. The Kier molecular flexibility index (Phi) is 4.95. The van der Waals surface area contributed by atoms with E-state index in [1.54, 1.807) is 6.07 Å². The van der Waals surface area contributed by atoms with Gasteiger partial charge in [0, 0.05) is 25.7 Å². The Hall–Kier alpha value is -1.89. The minimum absolute atomic E-state index is 0.0897. The first-order valence-electron chi connectivity index (χ1n) is 7.33. The summed E-state index contributed by atoms with van der Waals surface area (Å²) in [5.41, 5.74) is 0.0897. The molecule has 1 unspecified atom stereocenters. The lowest BCUT2D eigenvalue weighted by atomic mass is 10.2. The highest BCUT2D eigenvalue weighted by atomic mass is 16.6. The van der Waals surface area contributed by atoms with Crippen LogP contribution in [0.15, 0.2) is 12.1 Å². The summed E-state index contributed by atoms with van der Waals surface area (Å²) in [6, 6.07) is 3.53. The van der Waals surface area contributed by atoms with E-state index in [9.17, 15) is 10.1 Å². The van der Waals surface area contributed by atoms with Gasteiger partial charge in [-0.15, -0.1) is 0 Å². The molecule has 0 bridgehead atoms. The summed E-state index contributed by atoms with van der Waals surface area (Å²) >= 11 is 0. The summed E-state index contributed by atoms with van der Waals surface area (Å²) in [5, 5.41) is 14.2. The molecule has 7 heteroatoms.